The average Bonchev–Trinajstić information content (AvgIpc) is 3.18. The van der Waals surface area contributed by atoms with Crippen LogP contribution in [0.3, 0.4) is 0 Å². The third-order valence-corrected chi connectivity index (χ3v) is 5.96. The summed E-state index contributed by atoms with van der Waals surface area (Å²) in [5, 5.41) is 5.83. The minimum absolute atomic E-state index is 0.0155. The fourth-order valence-corrected chi connectivity index (χ4v) is 4.19. The molecule has 0 radical (unpaired) electrons. The molecule has 5 nitrogen and oxygen atoms in total. The van der Waals surface area contributed by atoms with Crippen molar-refractivity contribution in [1.29, 1.82) is 0 Å². The molecule has 1 aliphatic rings. The number of carbonyl (C=O) groups excluding carboxylic acids is 2. The number of ether oxygens (including phenoxy) is 1. The normalized spacial score (nSPS) is 12.0. The summed E-state index contributed by atoms with van der Waals surface area (Å²) in [7, 11) is 0. The standard InChI is InChI=1S/C23H22N2O3S/c1-14(2)22(26)25-17-9-7-15(8-10-17)12-24-23(27)20-11-16-13-28-19-6-4-3-5-18(19)21(16)29-20/h3-11,14H,12-13H2,1-2H3,(H,24,27)(H,25,26). The van der Waals surface area contributed by atoms with Crippen LogP contribution in [0, 0.1) is 5.92 Å². The SMILES string of the molecule is CC(C)C(=O)Nc1ccc(CNC(=O)c2cc3c(s2)-c2ccccc2OC3)cc1. The zero-order chi connectivity index (χ0) is 20.4. The molecule has 0 spiro atoms. The molecule has 2 heterocycles. The molecule has 0 saturated carbocycles. The van der Waals surface area contributed by atoms with Crippen LogP contribution in [0.15, 0.2) is 54.6 Å². The zero-order valence-corrected chi connectivity index (χ0v) is 17.1. The van der Waals surface area contributed by atoms with E-state index in [1.807, 2.05) is 68.4 Å². The van der Waals surface area contributed by atoms with Gasteiger partial charge in [0, 0.05) is 34.2 Å². The lowest BCUT2D eigenvalue weighted by atomic mass is 10.1. The van der Waals surface area contributed by atoms with Gasteiger partial charge in [-0.3, -0.25) is 9.59 Å². The summed E-state index contributed by atoms with van der Waals surface area (Å²) in [5.41, 5.74) is 3.81. The Bertz CT molecular complexity index is 1050. The van der Waals surface area contributed by atoms with E-state index in [-0.39, 0.29) is 17.7 Å². The van der Waals surface area contributed by atoms with Gasteiger partial charge in [-0.15, -0.1) is 11.3 Å². The second-order valence-corrected chi connectivity index (χ2v) is 8.33. The molecule has 2 aromatic carbocycles. The van der Waals surface area contributed by atoms with Gasteiger partial charge in [0.05, 0.1) is 4.88 Å². The number of para-hydroxylation sites is 1. The number of fused-ring (bicyclic) bond motifs is 3. The van der Waals surface area contributed by atoms with Crippen LogP contribution in [0.25, 0.3) is 10.4 Å². The Morgan fingerprint density at radius 2 is 1.86 bits per heavy atom. The zero-order valence-electron chi connectivity index (χ0n) is 16.3. The number of amides is 2. The Kier molecular flexibility index (Phi) is 5.36. The van der Waals surface area contributed by atoms with Gasteiger partial charge in [-0.1, -0.05) is 38.1 Å². The first kappa shape index (κ1) is 19.2. The maximum Gasteiger partial charge on any atom is 0.261 e. The molecule has 6 heteroatoms. The Morgan fingerprint density at radius 3 is 2.62 bits per heavy atom. The Morgan fingerprint density at radius 1 is 1.10 bits per heavy atom. The molecule has 2 N–H and O–H groups in total. The van der Waals surface area contributed by atoms with Crippen molar-refractivity contribution in [3.05, 3.63) is 70.6 Å². The summed E-state index contributed by atoms with van der Waals surface area (Å²) < 4.78 is 5.77. The van der Waals surface area contributed by atoms with Gasteiger partial charge < -0.3 is 15.4 Å². The summed E-state index contributed by atoms with van der Waals surface area (Å²) in [4.78, 5) is 26.2. The van der Waals surface area contributed by atoms with Gasteiger partial charge in [0.2, 0.25) is 5.91 Å². The molecule has 148 valence electrons. The van der Waals surface area contributed by atoms with E-state index in [4.69, 9.17) is 4.74 Å². The molecule has 0 bridgehead atoms. The van der Waals surface area contributed by atoms with Crippen LogP contribution in [-0.4, -0.2) is 11.8 Å². The van der Waals surface area contributed by atoms with Crippen LogP contribution < -0.4 is 15.4 Å². The molecule has 3 aromatic rings. The van der Waals surface area contributed by atoms with Crippen molar-refractivity contribution in [2.45, 2.75) is 27.0 Å². The smallest absolute Gasteiger partial charge is 0.261 e. The van der Waals surface area contributed by atoms with Crippen molar-refractivity contribution in [2.75, 3.05) is 5.32 Å². The van der Waals surface area contributed by atoms with Crippen LogP contribution >= 0.6 is 11.3 Å². The van der Waals surface area contributed by atoms with Gasteiger partial charge in [0.25, 0.3) is 5.91 Å². The minimum atomic E-state index is -0.0981. The number of rotatable bonds is 5. The molecule has 0 saturated heterocycles. The predicted octanol–water partition coefficient (Wildman–Crippen LogP) is 4.83. The second kappa shape index (κ2) is 8.09. The monoisotopic (exact) mass is 406 g/mol. The largest absolute Gasteiger partial charge is 0.488 e. The van der Waals surface area contributed by atoms with Crippen LogP contribution in [0.5, 0.6) is 5.75 Å². The van der Waals surface area contributed by atoms with Crippen molar-refractivity contribution >= 4 is 28.8 Å². The van der Waals surface area contributed by atoms with Crippen molar-refractivity contribution in [3.63, 3.8) is 0 Å². The molecule has 4 rings (SSSR count). The summed E-state index contributed by atoms with van der Waals surface area (Å²) in [5.74, 6) is 0.679. The van der Waals surface area contributed by atoms with E-state index in [0.717, 1.165) is 33.0 Å². The third kappa shape index (κ3) is 4.17. The lowest BCUT2D eigenvalue weighted by Gasteiger charge is -2.16. The Balaban J connectivity index is 1.40. The number of carbonyl (C=O) groups is 2. The lowest BCUT2D eigenvalue weighted by Crippen LogP contribution is -2.22. The van der Waals surface area contributed by atoms with Crippen molar-refractivity contribution < 1.29 is 14.3 Å². The van der Waals surface area contributed by atoms with Crippen LogP contribution in [0.4, 0.5) is 5.69 Å². The van der Waals surface area contributed by atoms with Crippen LogP contribution in [-0.2, 0) is 17.9 Å². The van der Waals surface area contributed by atoms with Gasteiger partial charge in [-0.2, -0.15) is 0 Å². The summed E-state index contributed by atoms with van der Waals surface area (Å²) >= 11 is 1.49. The highest BCUT2D eigenvalue weighted by Crippen LogP contribution is 2.42. The highest BCUT2D eigenvalue weighted by Gasteiger charge is 2.22. The molecule has 29 heavy (non-hydrogen) atoms. The summed E-state index contributed by atoms with van der Waals surface area (Å²) in [6, 6.07) is 17.3. The lowest BCUT2D eigenvalue weighted by molar-refractivity contribution is -0.118. The molecule has 2 amide bonds. The van der Waals surface area contributed by atoms with Crippen molar-refractivity contribution in [3.8, 4) is 16.2 Å². The van der Waals surface area contributed by atoms with Gasteiger partial charge in [-0.05, 0) is 35.9 Å². The number of anilines is 1. The molecule has 1 aliphatic heterocycles. The molecule has 0 fully saturated rings. The predicted molar refractivity (Wildman–Crippen MR) is 115 cm³/mol. The fourth-order valence-electron chi connectivity index (χ4n) is 3.07. The minimum Gasteiger partial charge on any atom is -0.488 e. The van der Waals surface area contributed by atoms with E-state index in [9.17, 15) is 9.59 Å². The van der Waals surface area contributed by atoms with Crippen molar-refractivity contribution in [2.24, 2.45) is 5.92 Å². The maximum atomic E-state index is 12.6. The van der Waals surface area contributed by atoms with E-state index in [1.54, 1.807) is 0 Å². The fraction of sp³-hybridized carbons (Fsp3) is 0.217. The molecular weight excluding hydrogens is 384 g/mol. The second-order valence-electron chi connectivity index (χ2n) is 7.27. The quantitative estimate of drug-likeness (QED) is 0.638. The van der Waals surface area contributed by atoms with Gasteiger partial charge >= 0.3 is 0 Å². The van der Waals surface area contributed by atoms with E-state index >= 15 is 0 Å². The van der Waals surface area contributed by atoms with E-state index < -0.39 is 0 Å². The van der Waals surface area contributed by atoms with E-state index in [1.165, 1.54) is 11.3 Å². The molecular formula is C23H22N2O3S. The summed E-state index contributed by atoms with van der Waals surface area (Å²) in [6.07, 6.45) is 0. The Hall–Kier alpha value is -3.12. The molecule has 0 unspecified atom stereocenters. The van der Waals surface area contributed by atoms with Crippen molar-refractivity contribution in [1.82, 2.24) is 5.32 Å². The third-order valence-electron chi connectivity index (χ3n) is 4.75. The molecule has 0 aliphatic carbocycles. The number of nitrogens with one attached hydrogen (secondary N) is 2. The van der Waals surface area contributed by atoms with Crippen LogP contribution in [0.1, 0.15) is 34.6 Å². The Labute approximate surface area is 173 Å². The summed E-state index contributed by atoms with van der Waals surface area (Å²) in [6.45, 7) is 4.62. The number of thiophene rings is 1. The maximum absolute atomic E-state index is 12.6. The van der Waals surface area contributed by atoms with Gasteiger partial charge in [0.1, 0.15) is 12.4 Å². The first-order valence-corrected chi connectivity index (χ1v) is 10.4. The average molecular weight is 407 g/mol. The number of hydrogen-bond donors (Lipinski definition) is 2. The molecule has 0 atom stereocenters. The molecule has 1 aromatic heterocycles. The number of hydrogen-bond acceptors (Lipinski definition) is 4. The van der Waals surface area contributed by atoms with Gasteiger partial charge in [-0.25, -0.2) is 0 Å². The topological polar surface area (TPSA) is 67.4 Å². The first-order valence-electron chi connectivity index (χ1n) is 9.54. The van der Waals surface area contributed by atoms with E-state index in [0.29, 0.717) is 18.0 Å². The first-order chi connectivity index (χ1) is 14.0. The van der Waals surface area contributed by atoms with Crippen LogP contribution in [0.2, 0.25) is 0 Å². The highest BCUT2D eigenvalue weighted by molar-refractivity contribution is 7.17. The van der Waals surface area contributed by atoms with E-state index in [2.05, 4.69) is 10.6 Å². The number of benzene rings is 2. The van der Waals surface area contributed by atoms with Gasteiger partial charge in [0.15, 0.2) is 0 Å². The highest BCUT2D eigenvalue weighted by atomic mass is 32.1.